The zero-order valence-corrected chi connectivity index (χ0v) is 11.4. The molecule has 6 heteroatoms. The number of sulfone groups is 1. The van der Waals surface area contributed by atoms with Crippen LogP contribution in [0.25, 0.3) is 0 Å². The van der Waals surface area contributed by atoms with Crippen molar-refractivity contribution in [3.63, 3.8) is 0 Å². The average Bonchev–Trinajstić information content (AvgIpc) is 2.24. The molecule has 0 unspecified atom stereocenters. The molecule has 2 N–H and O–H groups in total. The standard InChI is InChI=1S/C12H18N2O3S/c1-3-13-8-10-5-4-6-11(7-10)14-12(15)9-18(2,16)17/h4-7,13H,3,8-9H2,1-2H3,(H,14,15). The Bertz CT molecular complexity index is 512. The highest BCUT2D eigenvalue weighted by Crippen LogP contribution is 2.10. The van der Waals surface area contributed by atoms with Crippen LogP contribution < -0.4 is 10.6 Å². The number of carbonyl (C=O) groups excluding carboxylic acids is 1. The van der Waals surface area contributed by atoms with Gasteiger partial charge in [-0.05, 0) is 24.2 Å². The fourth-order valence-corrected chi connectivity index (χ4v) is 2.01. The first kappa shape index (κ1) is 14.7. The molecule has 0 atom stereocenters. The van der Waals surface area contributed by atoms with E-state index in [9.17, 15) is 13.2 Å². The number of hydrogen-bond acceptors (Lipinski definition) is 4. The fourth-order valence-electron chi connectivity index (χ4n) is 1.46. The van der Waals surface area contributed by atoms with Gasteiger partial charge >= 0.3 is 0 Å². The Labute approximate surface area is 108 Å². The summed E-state index contributed by atoms with van der Waals surface area (Å²) in [5.74, 6) is -1.01. The lowest BCUT2D eigenvalue weighted by Crippen LogP contribution is -2.22. The molecule has 0 aromatic heterocycles. The van der Waals surface area contributed by atoms with E-state index in [-0.39, 0.29) is 0 Å². The van der Waals surface area contributed by atoms with Crippen LogP contribution in [0.1, 0.15) is 12.5 Å². The van der Waals surface area contributed by atoms with Crippen LogP contribution in [-0.2, 0) is 21.2 Å². The Balaban J connectivity index is 2.64. The molecule has 0 saturated heterocycles. The lowest BCUT2D eigenvalue weighted by Gasteiger charge is -2.07. The number of benzene rings is 1. The smallest absolute Gasteiger partial charge is 0.239 e. The molecule has 0 aliphatic rings. The van der Waals surface area contributed by atoms with E-state index in [1.54, 1.807) is 6.07 Å². The zero-order valence-electron chi connectivity index (χ0n) is 10.6. The molecule has 0 aliphatic heterocycles. The first-order chi connectivity index (χ1) is 8.40. The molecular weight excluding hydrogens is 252 g/mol. The Morgan fingerprint density at radius 3 is 2.67 bits per heavy atom. The van der Waals surface area contributed by atoms with Gasteiger partial charge in [-0.3, -0.25) is 4.79 Å². The summed E-state index contributed by atoms with van der Waals surface area (Å²) in [6.07, 6.45) is 1.04. The van der Waals surface area contributed by atoms with Gasteiger partial charge < -0.3 is 10.6 Å². The van der Waals surface area contributed by atoms with Crippen molar-refractivity contribution in [1.82, 2.24) is 5.32 Å². The summed E-state index contributed by atoms with van der Waals surface area (Å²) in [5, 5.41) is 5.74. The Kier molecular flexibility index (Phi) is 5.30. The maximum absolute atomic E-state index is 11.4. The van der Waals surface area contributed by atoms with Crippen molar-refractivity contribution in [2.24, 2.45) is 0 Å². The lowest BCUT2D eigenvalue weighted by molar-refractivity contribution is -0.113. The van der Waals surface area contributed by atoms with Crippen LogP contribution in [0.3, 0.4) is 0 Å². The summed E-state index contributed by atoms with van der Waals surface area (Å²) in [5.41, 5.74) is 1.65. The van der Waals surface area contributed by atoms with Gasteiger partial charge in [-0.2, -0.15) is 0 Å². The number of hydrogen-bond donors (Lipinski definition) is 2. The van der Waals surface area contributed by atoms with Gasteiger partial charge in [0.05, 0.1) is 0 Å². The highest BCUT2D eigenvalue weighted by atomic mass is 32.2. The zero-order chi connectivity index (χ0) is 13.6. The molecular formula is C12H18N2O3S. The number of anilines is 1. The summed E-state index contributed by atoms with van der Waals surface area (Å²) < 4.78 is 21.9. The van der Waals surface area contributed by atoms with E-state index in [0.29, 0.717) is 12.2 Å². The van der Waals surface area contributed by atoms with Crippen LogP contribution in [0, 0.1) is 0 Å². The molecule has 0 bridgehead atoms. The second kappa shape index (κ2) is 6.51. The summed E-state index contributed by atoms with van der Waals surface area (Å²) in [6.45, 7) is 3.59. The first-order valence-corrected chi connectivity index (χ1v) is 7.74. The predicted molar refractivity (Wildman–Crippen MR) is 72.2 cm³/mol. The number of amides is 1. The minimum Gasteiger partial charge on any atom is -0.325 e. The van der Waals surface area contributed by atoms with Crippen LogP contribution in [-0.4, -0.2) is 32.9 Å². The summed E-state index contributed by atoms with van der Waals surface area (Å²) in [7, 11) is -3.29. The Morgan fingerprint density at radius 2 is 2.06 bits per heavy atom. The lowest BCUT2D eigenvalue weighted by atomic mass is 10.2. The highest BCUT2D eigenvalue weighted by Gasteiger charge is 2.10. The molecule has 0 saturated carbocycles. The van der Waals surface area contributed by atoms with E-state index >= 15 is 0 Å². The van der Waals surface area contributed by atoms with Crippen LogP contribution in [0.15, 0.2) is 24.3 Å². The van der Waals surface area contributed by atoms with E-state index in [2.05, 4.69) is 10.6 Å². The SMILES string of the molecule is CCNCc1cccc(NC(=O)CS(C)(=O)=O)c1. The van der Waals surface area contributed by atoms with E-state index in [1.165, 1.54) is 0 Å². The molecule has 1 aromatic rings. The van der Waals surface area contributed by atoms with E-state index in [4.69, 9.17) is 0 Å². The van der Waals surface area contributed by atoms with Crippen molar-refractivity contribution < 1.29 is 13.2 Å². The van der Waals surface area contributed by atoms with Gasteiger partial charge in [-0.25, -0.2) is 8.42 Å². The summed E-state index contributed by atoms with van der Waals surface area (Å²) >= 11 is 0. The van der Waals surface area contributed by atoms with Gasteiger partial charge in [0.2, 0.25) is 5.91 Å². The largest absolute Gasteiger partial charge is 0.325 e. The van der Waals surface area contributed by atoms with Crippen LogP contribution in [0.4, 0.5) is 5.69 Å². The quantitative estimate of drug-likeness (QED) is 0.801. The Hall–Kier alpha value is -1.40. The second-order valence-electron chi connectivity index (χ2n) is 4.10. The van der Waals surface area contributed by atoms with E-state index in [1.807, 2.05) is 25.1 Å². The Morgan fingerprint density at radius 1 is 1.33 bits per heavy atom. The third-order valence-electron chi connectivity index (χ3n) is 2.18. The van der Waals surface area contributed by atoms with Crippen molar-refractivity contribution in [3.8, 4) is 0 Å². The average molecular weight is 270 g/mol. The maximum atomic E-state index is 11.4. The van der Waals surface area contributed by atoms with Crippen molar-refractivity contribution in [2.45, 2.75) is 13.5 Å². The van der Waals surface area contributed by atoms with Gasteiger partial charge in [0.1, 0.15) is 5.75 Å². The van der Waals surface area contributed by atoms with Crippen LogP contribution >= 0.6 is 0 Å². The molecule has 0 heterocycles. The van der Waals surface area contributed by atoms with Gasteiger partial charge in [-0.15, -0.1) is 0 Å². The second-order valence-corrected chi connectivity index (χ2v) is 6.24. The van der Waals surface area contributed by atoms with Gasteiger partial charge in [-0.1, -0.05) is 19.1 Å². The minimum absolute atomic E-state index is 0.496. The number of rotatable bonds is 6. The molecule has 5 nitrogen and oxygen atoms in total. The highest BCUT2D eigenvalue weighted by molar-refractivity contribution is 7.91. The normalized spacial score (nSPS) is 11.2. The topological polar surface area (TPSA) is 75.3 Å². The van der Waals surface area contributed by atoms with Gasteiger partial charge in [0.25, 0.3) is 0 Å². The molecule has 0 fully saturated rings. The first-order valence-electron chi connectivity index (χ1n) is 5.68. The summed E-state index contributed by atoms with van der Waals surface area (Å²) in [4.78, 5) is 11.4. The molecule has 18 heavy (non-hydrogen) atoms. The van der Waals surface area contributed by atoms with Crippen molar-refractivity contribution in [3.05, 3.63) is 29.8 Å². The van der Waals surface area contributed by atoms with Gasteiger partial charge in [0.15, 0.2) is 9.84 Å². The van der Waals surface area contributed by atoms with E-state index in [0.717, 1.165) is 18.4 Å². The van der Waals surface area contributed by atoms with Crippen LogP contribution in [0.5, 0.6) is 0 Å². The van der Waals surface area contributed by atoms with Gasteiger partial charge in [0, 0.05) is 18.5 Å². The maximum Gasteiger partial charge on any atom is 0.239 e. The van der Waals surface area contributed by atoms with E-state index < -0.39 is 21.5 Å². The third kappa shape index (κ3) is 5.79. The molecule has 1 aromatic carbocycles. The molecule has 0 spiro atoms. The van der Waals surface area contributed by atoms with Crippen molar-refractivity contribution in [1.29, 1.82) is 0 Å². The fraction of sp³-hybridized carbons (Fsp3) is 0.417. The van der Waals surface area contributed by atoms with Crippen LogP contribution in [0.2, 0.25) is 0 Å². The molecule has 1 amide bonds. The number of nitrogens with one attached hydrogen (secondary N) is 2. The minimum atomic E-state index is -3.29. The number of carbonyl (C=O) groups is 1. The molecule has 1 rings (SSSR count). The van der Waals surface area contributed by atoms with Crippen molar-refractivity contribution in [2.75, 3.05) is 23.9 Å². The molecule has 0 aliphatic carbocycles. The molecule has 100 valence electrons. The predicted octanol–water partition coefficient (Wildman–Crippen LogP) is 0.779. The molecule has 0 radical (unpaired) electrons. The summed E-state index contributed by atoms with van der Waals surface area (Å²) in [6, 6.07) is 7.32. The monoisotopic (exact) mass is 270 g/mol. The third-order valence-corrected chi connectivity index (χ3v) is 2.97. The van der Waals surface area contributed by atoms with Crippen molar-refractivity contribution >= 4 is 21.4 Å².